The van der Waals surface area contributed by atoms with Crippen LogP contribution in [0, 0.1) is 0 Å². The SMILES string of the molecule is CCN(C)C(=O)CCN1CCCC(O)(c2cn[nH]n2)C1. The fourth-order valence-corrected chi connectivity index (χ4v) is 2.57. The summed E-state index contributed by atoms with van der Waals surface area (Å²) in [6.07, 6.45) is 3.62. The van der Waals surface area contributed by atoms with Gasteiger partial charge < -0.3 is 10.0 Å². The number of aliphatic hydroxyl groups is 1. The number of amides is 1. The van der Waals surface area contributed by atoms with E-state index < -0.39 is 5.60 Å². The number of likely N-dealkylation sites (tertiary alicyclic amines) is 1. The van der Waals surface area contributed by atoms with Crippen LogP contribution in [0.4, 0.5) is 0 Å². The van der Waals surface area contributed by atoms with Crippen LogP contribution >= 0.6 is 0 Å². The van der Waals surface area contributed by atoms with Crippen LogP contribution in [0.2, 0.25) is 0 Å². The van der Waals surface area contributed by atoms with Crippen LogP contribution in [0.3, 0.4) is 0 Å². The maximum Gasteiger partial charge on any atom is 0.223 e. The van der Waals surface area contributed by atoms with Crippen molar-refractivity contribution >= 4 is 5.91 Å². The van der Waals surface area contributed by atoms with Gasteiger partial charge in [-0.05, 0) is 26.3 Å². The Morgan fingerprint density at radius 1 is 1.65 bits per heavy atom. The molecule has 0 aromatic carbocycles. The van der Waals surface area contributed by atoms with E-state index in [1.54, 1.807) is 11.1 Å². The van der Waals surface area contributed by atoms with E-state index in [1.807, 2.05) is 14.0 Å². The molecule has 1 fully saturated rings. The molecule has 0 aliphatic carbocycles. The average molecular weight is 281 g/mol. The number of rotatable bonds is 5. The first kappa shape index (κ1) is 14.9. The Labute approximate surface area is 119 Å². The van der Waals surface area contributed by atoms with Gasteiger partial charge in [0, 0.05) is 33.1 Å². The molecule has 1 aromatic heterocycles. The first-order valence-electron chi connectivity index (χ1n) is 7.10. The second-order valence-electron chi connectivity index (χ2n) is 5.42. The Morgan fingerprint density at radius 2 is 2.45 bits per heavy atom. The number of hydrogen-bond donors (Lipinski definition) is 2. The lowest BCUT2D eigenvalue weighted by Gasteiger charge is -2.38. The topological polar surface area (TPSA) is 85.4 Å². The zero-order valence-corrected chi connectivity index (χ0v) is 12.2. The second kappa shape index (κ2) is 6.32. The minimum absolute atomic E-state index is 0.142. The third kappa shape index (κ3) is 3.34. The van der Waals surface area contributed by atoms with Gasteiger partial charge >= 0.3 is 0 Å². The maximum atomic E-state index is 11.8. The molecule has 1 amide bonds. The highest BCUT2D eigenvalue weighted by atomic mass is 16.3. The number of piperidine rings is 1. The van der Waals surface area contributed by atoms with Gasteiger partial charge in [0.25, 0.3) is 0 Å². The normalized spacial score (nSPS) is 23.8. The second-order valence-corrected chi connectivity index (χ2v) is 5.42. The highest BCUT2D eigenvalue weighted by molar-refractivity contribution is 5.75. The number of carbonyl (C=O) groups is 1. The Hall–Kier alpha value is -1.47. The summed E-state index contributed by atoms with van der Waals surface area (Å²) in [6, 6.07) is 0. The summed E-state index contributed by atoms with van der Waals surface area (Å²) in [5.41, 5.74) is -0.371. The van der Waals surface area contributed by atoms with Crippen LogP contribution in [0.15, 0.2) is 6.20 Å². The molecule has 7 nitrogen and oxygen atoms in total. The van der Waals surface area contributed by atoms with E-state index in [0.29, 0.717) is 31.6 Å². The summed E-state index contributed by atoms with van der Waals surface area (Å²) in [5.74, 6) is 0.142. The van der Waals surface area contributed by atoms with Crippen molar-refractivity contribution in [2.24, 2.45) is 0 Å². The molecule has 2 heterocycles. The van der Waals surface area contributed by atoms with Gasteiger partial charge in [0.15, 0.2) is 0 Å². The fraction of sp³-hybridized carbons (Fsp3) is 0.769. The summed E-state index contributed by atoms with van der Waals surface area (Å²) >= 11 is 0. The van der Waals surface area contributed by atoms with Crippen molar-refractivity contribution in [3.63, 3.8) is 0 Å². The first-order chi connectivity index (χ1) is 9.55. The molecule has 1 atom stereocenters. The zero-order valence-electron chi connectivity index (χ0n) is 12.2. The van der Waals surface area contributed by atoms with Gasteiger partial charge in [-0.1, -0.05) is 0 Å². The smallest absolute Gasteiger partial charge is 0.223 e. The Balaban J connectivity index is 1.89. The lowest BCUT2D eigenvalue weighted by molar-refractivity contribution is -0.130. The summed E-state index contributed by atoms with van der Waals surface area (Å²) < 4.78 is 0. The van der Waals surface area contributed by atoms with Crippen molar-refractivity contribution in [3.05, 3.63) is 11.9 Å². The number of aromatic nitrogens is 3. The van der Waals surface area contributed by atoms with E-state index in [2.05, 4.69) is 20.3 Å². The highest BCUT2D eigenvalue weighted by Crippen LogP contribution is 2.29. The number of nitrogens with one attached hydrogen (secondary N) is 1. The fourth-order valence-electron chi connectivity index (χ4n) is 2.57. The molecule has 0 bridgehead atoms. The number of carbonyl (C=O) groups excluding carboxylic acids is 1. The van der Waals surface area contributed by atoms with Crippen LogP contribution in [-0.2, 0) is 10.4 Å². The van der Waals surface area contributed by atoms with Gasteiger partial charge in [-0.25, -0.2) is 0 Å². The van der Waals surface area contributed by atoms with E-state index in [0.717, 1.165) is 19.5 Å². The lowest BCUT2D eigenvalue weighted by Crippen LogP contribution is -2.47. The summed E-state index contributed by atoms with van der Waals surface area (Å²) in [5, 5.41) is 21.0. The predicted molar refractivity (Wildman–Crippen MR) is 73.9 cm³/mol. The van der Waals surface area contributed by atoms with E-state index in [-0.39, 0.29) is 5.91 Å². The van der Waals surface area contributed by atoms with Gasteiger partial charge in [-0.15, -0.1) is 0 Å². The predicted octanol–water partition coefficient (Wildman–Crippen LogP) is -0.0435. The van der Waals surface area contributed by atoms with Crippen molar-refractivity contribution in [2.45, 2.75) is 31.8 Å². The summed E-state index contributed by atoms with van der Waals surface area (Å²) in [7, 11) is 1.81. The number of β-amino-alcohol motifs (C(OH)–C–C–N with tert-alkyl or cyclic N) is 1. The minimum atomic E-state index is -0.953. The van der Waals surface area contributed by atoms with E-state index >= 15 is 0 Å². The van der Waals surface area contributed by atoms with E-state index in [4.69, 9.17) is 0 Å². The largest absolute Gasteiger partial charge is 0.382 e. The Kier molecular flexibility index (Phi) is 4.72. The molecule has 0 saturated carbocycles. The van der Waals surface area contributed by atoms with Crippen molar-refractivity contribution in [1.82, 2.24) is 25.2 Å². The van der Waals surface area contributed by atoms with E-state index in [1.165, 1.54) is 0 Å². The van der Waals surface area contributed by atoms with Crippen LogP contribution in [-0.4, -0.2) is 69.5 Å². The molecule has 1 saturated heterocycles. The number of aromatic amines is 1. The summed E-state index contributed by atoms with van der Waals surface area (Å²) in [4.78, 5) is 15.7. The molecule has 112 valence electrons. The van der Waals surface area contributed by atoms with Crippen molar-refractivity contribution in [3.8, 4) is 0 Å². The van der Waals surface area contributed by atoms with Crippen LogP contribution in [0.1, 0.15) is 31.9 Å². The molecule has 1 aliphatic rings. The molecule has 0 radical (unpaired) electrons. The molecule has 2 N–H and O–H groups in total. The third-order valence-electron chi connectivity index (χ3n) is 3.98. The molecule has 0 spiro atoms. The van der Waals surface area contributed by atoms with Crippen LogP contribution < -0.4 is 0 Å². The molecular formula is C13H23N5O2. The molecule has 1 aliphatic heterocycles. The van der Waals surface area contributed by atoms with Crippen LogP contribution in [0.25, 0.3) is 0 Å². The van der Waals surface area contributed by atoms with Crippen molar-refractivity contribution < 1.29 is 9.90 Å². The van der Waals surface area contributed by atoms with Gasteiger partial charge in [-0.3, -0.25) is 9.69 Å². The number of H-pyrrole nitrogens is 1. The monoisotopic (exact) mass is 281 g/mol. The maximum absolute atomic E-state index is 11.8. The molecule has 2 rings (SSSR count). The Bertz CT molecular complexity index is 436. The minimum Gasteiger partial charge on any atom is -0.382 e. The average Bonchev–Trinajstić information content (AvgIpc) is 2.99. The quantitative estimate of drug-likeness (QED) is 0.791. The zero-order chi connectivity index (χ0) is 14.6. The van der Waals surface area contributed by atoms with E-state index in [9.17, 15) is 9.90 Å². The van der Waals surface area contributed by atoms with Crippen LogP contribution in [0.5, 0.6) is 0 Å². The summed E-state index contributed by atoms with van der Waals surface area (Å²) in [6.45, 7) is 4.76. The third-order valence-corrected chi connectivity index (χ3v) is 3.98. The van der Waals surface area contributed by atoms with Gasteiger partial charge in [0.1, 0.15) is 11.3 Å². The number of nitrogens with zero attached hydrogens (tertiary/aromatic N) is 4. The highest BCUT2D eigenvalue weighted by Gasteiger charge is 2.37. The van der Waals surface area contributed by atoms with Gasteiger partial charge in [0.2, 0.25) is 5.91 Å². The van der Waals surface area contributed by atoms with Crippen molar-refractivity contribution in [2.75, 3.05) is 33.2 Å². The lowest BCUT2D eigenvalue weighted by atomic mass is 9.90. The Morgan fingerprint density at radius 3 is 3.10 bits per heavy atom. The van der Waals surface area contributed by atoms with Gasteiger partial charge in [-0.2, -0.15) is 15.4 Å². The molecular weight excluding hydrogens is 258 g/mol. The molecule has 1 aromatic rings. The van der Waals surface area contributed by atoms with Gasteiger partial charge in [0.05, 0.1) is 6.20 Å². The molecule has 1 unspecified atom stereocenters. The molecule has 20 heavy (non-hydrogen) atoms. The standard InChI is InChI=1S/C13H23N5O2/c1-3-17(2)12(19)5-8-18-7-4-6-13(20,10-18)11-9-14-16-15-11/h9,20H,3-8,10H2,1-2H3,(H,14,15,16). The van der Waals surface area contributed by atoms with Crippen molar-refractivity contribution in [1.29, 1.82) is 0 Å². The number of hydrogen-bond acceptors (Lipinski definition) is 5. The molecule has 7 heteroatoms. The first-order valence-corrected chi connectivity index (χ1v) is 7.10.